The van der Waals surface area contributed by atoms with Gasteiger partial charge in [0, 0.05) is 6.54 Å². The highest BCUT2D eigenvalue weighted by atomic mass is 16.5. The van der Waals surface area contributed by atoms with Crippen molar-refractivity contribution >= 4 is 5.91 Å². The summed E-state index contributed by atoms with van der Waals surface area (Å²) < 4.78 is 5.67. The van der Waals surface area contributed by atoms with Crippen LogP contribution >= 0.6 is 0 Å². The smallest absolute Gasteiger partial charge is 0.223 e. The topological polar surface area (TPSA) is 62.1 Å². The number of carbonyl (C=O) groups is 1. The summed E-state index contributed by atoms with van der Waals surface area (Å²) in [6, 6.07) is 15.2. The predicted molar refractivity (Wildman–Crippen MR) is 89.0 cm³/mol. The molecule has 4 nitrogen and oxygen atoms in total. The highest BCUT2D eigenvalue weighted by Crippen LogP contribution is 2.20. The molecule has 4 heteroatoms. The molecule has 0 unspecified atom stereocenters. The SMILES string of the molecule is Cc1cccc(OCCC(=O)NCc2cccc(C#N)c2)c1C. The van der Waals surface area contributed by atoms with Crippen LogP contribution < -0.4 is 10.1 Å². The van der Waals surface area contributed by atoms with E-state index >= 15 is 0 Å². The van der Waals surface area contributed by atoms with Gasteiger partial charge in [0.05, 0.1) is 24.7 Å². The fourth-order valence-electron chi connectivity index (χ4n) is 2.17. The summed E-state index contributed by atoms with van der Waals surface area (Å²) in [4.78, 5) is 11.9. The van der Waals surface area contributed by atoms with Crippen LogP contribution in [0.3, 0.4) is 0 Å². The van der Waals surface area contributed by atoms with Crippen LogP contribution in [-0.4, -0.2) is 12.5 Å². The van der Waals surface area contributed by atoms with E-state index in [1.165, 1.54) is 5.56 Å². The van der Waals surface area contributed by atoms with Crippen molar-refractivity contribution in [2.24, 2.45) is 0 Å². The lowest BCUT2D eigenvalue weighted by molar-refractivity contribution is -0.121. The van der Waals surface area contributed by atoms with Gasteiger partial charge in [-0.1, -0.05) is 24.3 Å². The van der Waals surface area contributed by atoms with Gasteiger partial charge in [-0.15, -0.1) is 0 Å². The summed E-state index contributed by atoms with van der Waals surface area (Å²) >= 11 is 0. The van der Waals surface area contributed by atoms with Crippen molar-refractivity contribution in [2.45, 2.75) is 26.8 Å². The van der Waals surface area contributed by atoms with E-state index in [-0.39, 0.29) is 5.91 Å². The first-order valence-electron chi connectivity index (χ1n) is 7.55. The van der Waals surface area contributed by atoms with E-state index in [0.29, 0.717) is 25.1 Å². The molecule has 0 heterocycles. The lowest BCUT2D eigenvalue weighted by Crippen LogP contribution is -2.24. The second kappa shape index (κ2) is 8.00. The molecule has 0 saturated heterocycles. The van der Waals surface area contributed by atoms with E-state index in [0.717, 1.165) is 16.9 Å². The number of nitrogens with one attached hydrogen (secondary N) is 1. The number of rotatable bonds is 6. The zero-order valence-corrected chi connectivity index (χ0v) is 13.4. The van der Waals surface area contributed by atoms with Gasteiger partial charge >= 0.3 is 0 Å². The van der Waals surface area contributed by atoms with Gasteiger partial charge in [0.1, 0.15) is 5.75 Å². The molecule has 0 aliphatic rings. The van der Waals surface area contributed by atoms with Crippen molar-refractivity contribution in [3.8, 4) is 11.8 Å². The van der Waals surface area contributed by atoms with Crippen molar-refractivity contribution < 1.29 is 9.53 Å². The van der Waals surface area contributed by atoms with E-state index in [9.17, 15) is 4.79 Å². The van der Waals surface area contributed by atoms with Crippen LogP contribution in [0, 0.1) is 25.2 Å². The average molecular weight is 308 g/mol. The number of nitrogens with zero attached hydrogens (tertiary/aromatic N) is 1. The number of ether oxygens (including phenoxy) is 1. The van der Waals surface area contributed by atoms with Crippen molar-refractivity contribution in [1.82, 2.24) is 5.32 Å². The summed E-state index contributed by atoms with van der Waals surface area (Å²) in [6.07, 6.45) is 0.297. The summed E-state index contributed by atoms with van der Waals surface area (Å²) in [6.45, 7) is 4.80. The van der Waals surface area contributed by atoms with Crippen LogP contribution in [0.15, 0.2) is 42.5 Å². The first kappa shape index (κ1) is 16.6. The molecular formula is C19H20N2O2. The van der Waals surface area contributed by atoms with Crippen LogP contribution in [0.25, 0.3) is 0 Å². The minimum Gasteiger partial charge on any atom is -0.493 e. The van der Waals surface area contributed by atoms with E-state index < -0.39 is 0 Å². The molecule has 2 aromatic rings. The zero-order chi connectivity index (χ0) is 16.7. The number of benzene rings is 2. The Balaban J connectivity index is 1.77. The van der Waals surface area contributed by atoms with Gasteiger partial charge in [0.2, 0.25) is 5.91 Å². The van der Waals surface area contributed by atoms with Crippen LogP contribution in [0.5, 0.6) is 5.75 Å². The standard InChI is InChI=1S/C19H20N2O2/c1-14-5-3-8-18(15(14)2)23-10-9-19(22)21-13-17-7-4-6-16(11-17)12-20/h3-8,11H,9-10,13H2,1-2H3,(H,21,22). The Morgan fingerprint density at radius 1 is 1.22 bits per heavy atom. The van der Waals surface area contributed by atoms with E-state index in [1.807, 2.05) is 44.2 Å². The fraction of sp³-hybridized carbons (Fsp3) is 0.263. The molecule has 0 radical (unpaired) electrons. The Morgan fingerprint density at radius 3 is 2.78 bits per heavy atom. The fourth-order valence-corrected chi connectivity index (χ4v) is 2.17. The van der Waals surface area contributed by atoms with Crippen molar-refractivity contribution in [3.05, 3.63) is 64.7 Å². The maximum atomic E-state index is 11.9. The Morgan fingerprint density at radius 2 is 2.00 bits per heavy atom. The number of amides is 1. The molecule has 118 valence electrons. The molecule has 0 bridgehead atoms. The lowest BCUT2D eigenvalue weighted by Gasteiger charge is -2.11. The molecule has 2 aromatic carbocycles. The number of nitriles is 1. The highest BCUT2D eigenvalue weighted by molar-refractivity contribution is 5.76. The third kappa shape index (κ3) is 4.86. The van der Waals surface area contributed by atoms with Crippen molar-refractivity contribution in [2.75, 3.05) is 6.61 Å². The molecule has 0 saturated carbocycles. The summed E-state index contributed by atoms with van der Waals surface area (Å²) in [5.74, 6) is 0.747. The van der Waals surface area contributed by atoms with Gasteiger partial charge in [0.25, 0.3) is 0 Å². The molecule has 1 N–H and O–H groups in total. The summed E-state index contributed by atoms with van der Waals surface area (Å²) in [5, 5.41) is 11.7. The van der Waals surface area contributed by atoms with Gasteiger partial charge < -0.3 is 10.1 Å². The number of carbonyl (C=O) groups excluding carboxylic acids is 1. The van der Waals surface area contributed by atoms with Gasteiger partial charge in [-0.05, 0) is 48.7 Å². The second-order valence-electron chi connectivity index (χ2n) is 5.39. The van der Waals surface area contributed by atoms with Crippen LogP contribution in [-0.2, 0) is 11.3 Å². The molecule has 0 atom stereocenters. The van der Waals surface area contributed by atoms with Crippen molar-refractivity contribution in [1.29, 1.82) is 5.26 Å². The Labute approximate surface area is 136 Å². The van der Waals surface area contributed by atoms with Gasteiger partial charge in [-0.25, -0.2) is 0 Å². The molecule has 0 aliphatic heterocycles. The third-order valence-electron chi connectivity index (χ3n) is 3.69. The normalized spacial score (nSPS) is 9.96. The number of hydrogen-bond acceptors (Lipinski definition) is 3. The first-order chi connectivity index (χ1) is 11.1. The Bertz CT molecular complexity index is 732. The molecule has 1 amide bonds. The van der Waals surface area contributed by atoms with Crippen LogP contribution in [0.4, 0.5) is 0 Å². The molecular weight excluding hydrogens is 288 g/mol. The van der Waals surface area contributed by atoms with Crippen LogP contribution in [0.1, 0.15) is 28.7 Å². The molecule has 0 aliphatic carbocycles. The zero-order valence-electron chi connectivity index (χ0n) is 13.4. The Hall–Kier alpha value is -2.80. The average Bonchev–Trinajstić information content (AvgIpc) is 2.57. The molecule has 0 aromatic heterocycles. The van der Waals surface area contributed by atoms with Crippen LogP contribution in [0.2, 0.25) is 0 Å². The monoisotopic (exact) mass is 308 g/mol. The van der Waals surface area contributed by atoms with Gasteiger partial charge in [-0.3, -0.25) is 4.79 Å². The Kier molecular flexibility index (Phi) is 5.76. The third-order valence-corrected chi connectivity index (χ3v) is 3.69. The summed E-state index contributed by atoms with van der Waals surface area (Å²) in [5.41, 5.74) is 3.77. The molecule has 0 fully saturated rings. The minimum absolute atomic E-state index is 0.0716. The van der Waals surface area contributed by atoms with Crippen molar-refractivity contribution in [3.63, 3.8) is 0 Å². The summed E-state index contributed by atoms with van der Waals surface area (Å²) in [7, 11) is 0. The van der Waals surface area contributed by atoms with E-state index in [2.05, 4.69) is 11.4 Å². The molecule has 23 heavy (non-hydrogen) atoms. The predicted octanol–water partition coefficient (Wildman–Crippen LogP) is 3.26. The minimum atomic E-state index is -0.0716. The molecule has 0 spiro atoms. The van der Waals surface area contributed by atoms with E-state index in [1.54, 1.807) is 12.1 Å². The van der Waals surface area contributed by atoms with Gasteiger partial charge in [-0.2, -0.15) is 5.26 Å². The maximum absolute atomic E-state index is 11.9. The highest BCUT2D eigenvalue weighted by Gasteiger charge is 2.05. The quantitative estimate of drug-likeness (QED) is 0.891. The first-order valence-corrected chi connectivity index (χ1v) is 7.55. The lowest BCUT2D eigenvalue weighted by atomic mass is 10.1. The number of hydrogen-bond donors (Lipinski definition) is 1. The largest absolute Gasteiger partial charge is 0.493 e. The molecule has 2 rings (SSSR count). The number of aryl methyl sites for hydroxylation is 1. The second-order valence-corrected chi connectivity index (χ2v) is 5.39. The maximum Gasteiger partial charge on any atom is 0.223 e. The van der Waals surface area contributed by atoms with E-state index in [4.69, 9.17) is 10.00 Å². The van der Waals surface area contributed by atoms with Gasteiger partial charge in [0.15, 0.2) is 0 Å².